The van der Waals surface area contributed by atoms with Crippen LogP contribution in [-0.4, -0.2) is 19.1 Å². The SMILES string of the molecule is COc1ccc(/C=N/C2=C(C#N)C(c3ccco3)C(C(C)=O)=C(C)O2)cc1. The van der Waals surface area contributed by atoms with Crippen molar-refractivity contribution in [3.63, 3.8) is 0 Å². The number of ether oxygens (including phenoxy) is 2. The lowest BCUT2D eigenvalue weighted by Crippen LogP contribution is -2.19. The average molecular weight is 362 g/mol. The summed E-state index contributed by atoms with van der Waals surface area (Å²) >= 11 is 0. The summed E-state index contributed by atoms with van der Waals surface area (Å²) in [5.74, 6) is 0.971. The van der Waals surface area contributed by atoms with Crippen molar-refractivity contribution < 1.29 is 18.7 Å². The van der Waals surface area contributed by atoms with Crippen molar-refractivity contribution in [2.75, 3.05) is 7.11 Å². The first-order valence-corrected chi connectivity index (χ1v) is 8.30. The van der Waals surface area contributed by atoms with Gasteiger partial charge in [-0.3, -0.25) is 4.79 Å². The second-order valence-electron chi connectivity index (χ2n) is 5.94. The molecule has 0 amide bonds. The number of benzene rings is 1. The largest absolute Gasteiger partial charge is 0.497 e. The van der Waals surface area contributed by atoms with Crippen LogP contribution >= 0.6 is 0 Å². The zero-order valence-electron chi connectivity index (χ0n) is 15.2. The fourth-order valence-electron chi connectivity index (χ4n) is 2.95. The third-order valence-electron chi connectivity index (χ3n) is 4.21. The maximum atomic E-state index is 12.2. The summed E-state index contributed by atoms with van der Waals surface area (Å²) in [7, 11) is 1.60. The van der Waals surface area contributed by atoms with Gasteiger partial charge in [0.25, 0.3) is 0 Å². The molecule has 0 radical (unpaired) electrons. The van der Waals surface area contributed by atoms with E-state index in [4.69, 9.17) is 13.9 Å². The Bertz CT molecular complexity index is 974. The van der Waals surface area contributed by atoms with Crippen LogP contribution in [0.5, 0.6) is 5.75 Å². The van der Waals surface area contributed by atoms with Gasteiger partial charge >= 0.3 is 0 Å². The van der Waals surface area contributed by atoms with E-state index in [1.54, 1.807) is 32.4 Å². The van der Waals surface area contributed by atoms with Crippen molar-refractivity contribution in [1.29, 1.82) is 5.26 Å². The third-order valence-corrected chi connectivity index (χ3v) is 4.21. The number of Topliss-reactive ketones (excluding diaryl/α,β-unsaturated/α-hetero) is 1. The molecule has 27 heavy (non-hydrogen) atoms. The minimum Gasteiger partial charge on any atom is -0.497 e. The van der Waals surface area contributed by atoms with E-state index in [2.05, 4.69) is 11.1 Å². The zero-order chi connectivity index (χ0) is 19.4. The molecule has 0 aliphatic carbocycles. The number of nitrogens with zero attached hydrogens (tertiary/aromatic N) is 2. The fraction of sp³-hybridized carbons (Fsp3) is 0.190. The molecule has 6 heteroatoms. The molecule has 3 rings (SSSR count). The van der Waals surface area contributed by atoms with Crippen LogP contribution in [0.2, 0.25) is 0 Å². The van der Waals surface area contributed by atoms with E-state index >= 15 is 0 Å². The number of carbonyl (C=O) groups is 1. The first-order chi connectivity index (χ1) is 13.0. The van der Waals surface area contributed by atoms with Crippen LogP contribution in [0, 0.1) is 11.3 Å². The lowest BCUT2D eigenvalue weighted by atomic mass is 9.85. The highest BCUT2D eigenvalue weighted by Gasteiger charge is 2.36. The van der Waals surface area contributed by atoms with Gasteiger partial charge in [0.2, 0.25) is 5.88 Å². The Morgan fingerprint density at radius 1 is 1.30 bits per heavy atom. The van der Waals surface area contributed by atoms with Crippen LogP contribution in [-0.2, 0) is 9.53 Å². The highest BCUT2D eigenvalue weighted by Crippen LogP contribution is 2.40. The normalized spacial score (nSPS) is 17.0. The molecule has 136 valence electrons. The Kier molecular flexibility index (Phi) is 5.23. The van der Waals surface area contributed by atoms with Crippen molar-refractivity contribution in [2.24, 2.45) is 4.99 Å². The number of allylic oxidation sites excluding steroid dienone is 3. The maximum Gasteiger partial charge on any atom is 0.233 e. The molecule has 1 aliphatic rings. The number of furan rings is 1. The van der Waals surface area contributed by atoms with E-state index in [9.17, 15) is 10.1 Å². The number of ketones is 1. The highest BCUT2D eigenvalue weighted by molar-refractivity contribution is 5.96. The van der Waals surface area contributed by atoms with Crippen molar-refractivity contribution in [3.05, 3.63) is 76.8 Å². The molecule has 1 aromatic carbocycles. The van der Waals surface area contributed by atoms with E-state index in [1.165, 1.54) is 13.2 Å². The van der Waals surface area contributed by atoms with Gasteiger partial charge in [-0.2, -0.15) is 5.26 Å². The van der Waals surface area contributed by atoms with Crippen LogP contribution in [0.1, 0.15) is 31.1 Å². The molecule has 6 nitrogen and oxygen atoms in total. The van der Waals surface area contributed by atoms with Gasteiger partial charge in [-0.15, -0.1) is 0 Å². The van der Waals surface area contributed by atoms with Crippen LogP contribution in [0.15, 0.2) is 74.9 Å². The number of methoxy groups -OCH3 is 1. The van der Waals surface area contributed by atoms with Gasteiger partial charge in [-0.25, -0.2) is 4.99 Å². The van der Waals surface area contributed by atoms with Crippen LogP contribution in [0.3, 0.4) is 0 Å². The number of aliphatic imine (C=N–C) groups is 1. The summed E-state index contributed by atoms with van der Waals surface area (Å²) < 4.78 is 16.3. The Morgan fingerprint density at radius 3 is 2.59 bits per heavy atom. The first kappa shape index (κ1) is 18.2. The predicted octanol–water partition coefficient (Wildman–Crippen LogP) is 4.12. The Morgan fingerprint density at radius 2 is 2.04 bits per heavy atom. The predicted molar refractivity (Wildman–Crippen MR) is 99.1 cm³/mol. The van der Waals surface area contributed by atoms with Gasteiger partial charge in [0.05, 0.1) is 19.3 Å². The number of nitriles is 1. The Balaban J connectivity index is 2.02. The molecule has 0 fully saturated rings. The lowest BCUT2D eigenvalue weighted by Gasteiger charge is -2.24. The average Bonchev–Trinajstić information content (AvgIpc) is 3.20. The van der Waals surface area contributed by atoms with Gasteiger partial charge in [0.1, 0.15) is 28.9 Å². The molecule has 1 unspecified atom stereocenters. The molecule has 1 aliphatic heterocycles. The second kappa shape index (κ2) is 7.75. The molecule has 0 N–H and O–H groups in total. The van der Waals surface area contributed by atoms with Crippen molar-refractivity contribution in [1.82, 2.24) is 0 Å². The van der Waals surface area contributed by atoms with Gasteiger partial charge in [-0.05, 0) is 55.8 Å². The quantitative estimate of drug-likeness (QED) is 0.747. The molecule has 0 bridgehead atoms. The molecular weight excluding hydrogens is 344 g/mol. The van der Waals surface area contributed by atoms with E-state index in [1.807, 2.05) is 24.3 Å². The zero-order valence-corrected chi connectivity index (χ0v) is 15.2. The summed E-state index contributed by atoms with van der Waals surface area (Å²) in [6, 6.07) is 12.9. The molecule has 0 saturated heterocycles. The van der Waals surface area contributed by atoms with Crippen LogP contribution in [0.4, 0.5) is 0 Å². The van der Waals surface area contributed by atoms with Crippen LogP contribution in [0.25, 0.3) is 0 Å². The molecule has 0 saturated carbocycles. The summed E-state index contributed by atoms with van der Waals surface area (Å²) in [6.07, 6.45) is 3.10. The van der Waals surface area contributed by atoms with E-state index in [0.717, 1.165) is 11.3 Å². The van der Waals surface area contributed by atoms with Crippen molar-refractivity contribution >= 4 is 12.0 Å². The number of carbonyl (C=O) groups excluding carboxylic acids is 1. The van der Waals surface area contributed by atoms with Gasteiger partial charge in [0.15, 0.2) is 5.78 Å². The van der Waals surface area contributed by atoms with Gasteiger partial charge in [-0.1, -0.05) is 0 Å². The second-order valence-corrected chi connectivity index (χ2v) is 5.94. The fourth-order valence-corrected chi connectivity index (χ4v) is 2.95. The Labute approximate surface area is 157 Å². The van der Waals surface area contributed by atoms with Gasteiger partial charge in [0, 0.05) is 11.8 Å². The third kappa shape index (κ3) is 3.67. The van der Waals surface area contributed by atoms with Crippen molar-refractivity contribution in [3.8, 4) is 11.8 Å². The summed E-state index contributed by atoms with van der Waals surface area (Å²) in [5, 5.41) is 9.73. The van der Waals surface area contributed by atoms with E-state index in [-0.39, 0.29) is 17.2 Å². The number of hydrogen-bond donors (Lipinski definition) is 0. The van der Waals surface area contributed by atoms with Crippen LogP contribution < -0.4 is 4.74 Å². The topological polar surface area (TPSA) is 84.8 Å². The maximum absolute atomic E-state index is 12.2. The molecular formula is C21H18N2O4. The smallest absolute Gasteiger partial charge is 0.233 e. The number of rotatable bonds is 5. The van der Waals surface area contributed by atoms with Crippen molar-refractivity contribution in [2.45, 2.75) is 19.8 Å². The molecule has 2 aromatic rings. The number of hydrogen-bond acceptors (Lipinski definition) is 6. The minimum absolute atomic E-state index is 0.150. The molecule has 1 atom stereocenters. The van der Waals surface area contributed by atoms with Gasteiger partial charge < -0.3 is 13.9 Å². The first-order valence-electron chi connectivity index (χ1n) is 8.30. The summed E-state index contributed by atoms with van der Waals surface area (Å²) in [4.78, 5) is 16.5. The van der Waals surface area contributed by atoms with E-state index < -0.39 is 5.92 Å². The minimum atomic E-state index is -0.640. The summed E-state index contributed by atoms with van der Waals surface area (Å²) in [5.41, 5.74) is 1.44. The molecule has 1 aromatic heterocycles. The molecule has 0 spiro atoms. The summed E-state index contributed by atoms with van der Waals surface area (Å²) in [6.45, 7) is 3.13. The lowest BCUT2D eigenvalue weighted by molar-refractivity contribution is -0.114. The van der Waals surface area contributed by atoms with E-state index in [0.29, 0.717) is 17.1 Å². The standard InChI is InChI=1S/C21H18N2O4/c1-13(24)19-14(2)27-21(17(11-22)20(19)18-5-4-10-26-18)23-12-15-6-8-16(25-3)9-7-15/h4-10,12,20H,1-3H3/b23-12+. The Hall–Kier alpha value is -3.59. The molecule has 2 heterocycles. The monoisotopic (exact) mass is 362 g/mol. The highest BCUT2D eigenvalue weighted by atomic mass is 16.5.